The Balaban J connectivity index is 4.08. The topological polar surface area (TPSA) is 145 Å². The fourth-order valence-electron chi connectivity index (χ4n) is 1.19. The van der Waals surface area contributed by atoms with E-state index in [2.05, 4.69) is 15.4 Å². The van der Waals surface area contributed by atoms with Gasteiger partial charge in [0, 0.05) is 26.1 Å². The van der Waals surface area contributed by atoms with Gasteiger partial charge in [0.1, 0.15) is 6.04 Å². The molecule has 1 atom stereocenters. The van der Waals surface area contributed by atoms with Gasteiger partial charge in [-0.1, -0.05) is 6.92 Å². The van der Waals surface area contributed by atoms with Gasteiger partial charge in [-0.25, -0.2) is 22.7 Å². The van der Waals surface area contributed by atoms with Crippen LogP contribution in [0.25, 0.3) is 0 Å². The summed E-state index contributed by atoms with van der Waals surface area (Å²) in [4.78, 5) is 22.0. The number of carboxylic acid groups (broad SMARTS) is 1. The van der Waals surface area contributed by atoms with Crippen molar-refractivity contribution in [2.75, 3.05) is 25.4 Å². The zero-order valence-corrected chi connectivity index (χ0v) is 11.4. The molecule has 0 aromatic carbocycles. The molecule has 1 unspecified atom stereocenters. The van der Waals surface area contributed by atoms with Crippen LogP contribution in [0.2, 0.25) is 0 Å². The lowest BCUT2D eigenvalue weighted by Crippen LogP contribution is -2.47. The molecule has 0 aromatic rings. The summed E-state index contributed by atoms with van der Waals surface area (Å²) in [6.07, 6.45) is -0.127. The molecule has 0 spiro atoms. The van der Waals surface area contributed by atoms with E-state index < -0.39 is 28.1 Å². The van der Waals surface area contributed by atoms with Crippen LogP contribution in [-0.2, 0) is 14.8 Å². The minimum absolute atomic E-state index is 0.127. The van der Waals surface area contributed by atoms with Gasteiger partial charge in [0.15, 0.2) is 0 Å². The molecule has 0 aliphatic carbocycles. The van der Waals surface area contributed by atoms with Crippen molar-refractivity contribution in [2.45, 2.75) is 19.4 Å². The molecule has 0 bridgehead atoms. The Morgan fingerprint density at radius 1 is 1.32 bits per heavy atom. The largest absolute Gasteiger partial charge is 0.480 e. The lowest BCUT2D eigenvalue weighted by molar-refractivity contribution is -0.139. The smallest absolute Gasteiger partial charge is 0.326 e. The zero-order chi connectivity index (χ0) is 14.9. The normalized spacial score (nSPS) is 12.7. The Morgan fingerprint density at radius 2 is 1.95 bits per heavy atom. The van der Waals surface area contributed by atoms with E-state index in [1.807, 2.05) is 0 Å². The Labute approximate surface area is 111 Å². The maximum absolute atomic E-state index is 11.3. The van der Waals surface area contributed by atoms with Gasteiger partial charge in [0.2, 0.25) is 10.0 Å². The molecule has 0 aliphatic rings. The van der Waals surface area contributed by atoms with E-state index in [1.54, 1.807) is 6.92 Å². The number of aliphatic hydroxyl groups is 1. The van der Waals surface area contributed by atoms with E-state index in [0.29, 0.717) is 0 Å². The molecule has 0 rings (SSSR count). The summed E-state index contributed by atoms with van der Waals surface area (Å²) in [5.74, 6) is -1.57. The maximum atomic E-state index is 11.3. The monoisotopic (exact) mass is 297 g/mol. The Morgan fingerprint density at radius 3 is 2.42 bits per heavy atom. The third-order valence-electron chi connectivity index (χ3n) is 2.04. The second kappa shape index (κ2) is 8.67. The molecule has 19 heavy (non-hydrogen) atoms. The van der Waals surface area contributed by atoms with Gasteiger partial charge in [0.25, 0.3) is 0 Å². The number of rotatable bonds is 9. The van der Waals surface area contributed by atoms with Crippen LogP contribution in [0.15, 0.2) is 0 Å². The summed E-state index contributed by atoms with van der Waals surface area (Å²) in [6.45, 7) is 1.36. The average Bonchev–Trinajstić information content (AvgIpc) is 2.27. The van der Waals surface area contributed by atoms with Gasteiger partial charge in [-0.3, -0.25) is 0 Å². The summed E-state index contributed by atoms with van der Waals surface area (Å²) in [5, 5.41) is 21.7. The number of hydrogen-bond acceptors (Lipinski definition) is 5. The number of nitrogens with one attached hydrogen (secondary N) is 3. The van der Waals surface area contributed by atoms with Crippen molar-refractivity contribution in [3.63, 3.8) is 0 Å². The predicted molar refractivity (Wildman–Crippen MR) is 67.1 cm³/mol. The molecule has 5 N–H and O–H groups in total. The third kappa shape index (κ3) is 8.35. The number of aliphatic hydroxyl groups excluding tert-OH is 1. The fourth-order valence-corrected chi connectivity index (χ4v) is 2.14. The van der Waals surface area contributed by atoms with Crippen molar-refractivity contribution in [3.05, 3.63) is 0 Å². The molecular formula is C9H19N3O6S. The lowest BCUT2D eigenvalue weighted by Gasteiger charge is -2.14. The Bertz CT molecular complexity index is 397. The first-order chi connectivity index (χ1) is 8.82. The molecule has 0 aromatic heterocycles. The van der Waals surface area contributed by atoms with E-state index in [9.17, 15) is 18.0 Å². The van der Waals surface area contributed by atoms with E-state index in [0.717, 1.165) is 0 Å². The predicted octanol–water partition coefficient (Wildman–Crippen LogP) is -1.94. The van der Waals surface area contributed by atoms with Crippen LogP contribution in [0.5, 0.6) is 0 Å². The highest BCUT2D eigenvalue weighted by atomic mass is 32.2. The Kier molecular flexibility index (Phi) is 8.03. The molecule has 10 heteroatoms. The van der Waals surface area contributed by atoms with Crippen LogP contribution < -0.4 is 15.4 Å². The SMILES string of the molecule is CCNS(=O)(=O)CCNC(=O)NC(CCO)C(=O)O. The number of carboxylic acids is 1. The van der Waals surface area contributed by atoms with Crippen molar-refractivity contribution in [2.24, 2.45) is 0 Å². The molecule has 0 saturated heterocycles. The van der Waals surface area contributed by atoms with Crippen LogP contribution in [-0.4, -0.2) is 62.1 Å². The highest BCUT2D eigenvalue weighted by molar-refractivity contribution is 7.89. The zero-order valence-electron chi connectivity index (χ0n) is 10.5. The number of carbonyl (C=O) groups excluding carboxylic acids is 1. The number of sulfonamides is 1. The number of aliphatic carboxylic acids is 1. The highest BCUT2D eigenvalue weighted by Crippen LogP contribution is 1.91. The second-order valence-corrected chi connectivity index (χ2v) is 5.55. The summed E-state index contributed by atoms with van der Waals surface area (Å²) >= 11 is 0. The maximum Gasteiger partial charge on any atom is 0.326 e. The van der Waals surface area contributed by atoms with E-state index in [-0.39, 0.29) is 31.9 Å². The quantitative estimate of drug-likeness (QED) is 0.335. The number of hydrogen-bond donors (Lipinski definition) is 5. The second-order valence-electron chi connectivity index (χ2n) is 3.62. The van der Waals surface area contributed by atoms with Gasteiger partial charge in [-0.15, -0.1) is 0 Å². The highest BCUT2D eigenvalue weighted by Gasteiger charge is 2.19. The van der Waals surface area contributed by atoms with Crippen LogP contribution in [0.3, 0.4) is 0 Å². The molecule has 2 amide bonds. The molecule has 9 nitrogen and oxygen atoms in total. The van der Waals surface area contributed by atoms with E-state index in [4.69, 9.17) is 10.2 Å². The van der Waals surface area contributed by atoms with Crippen molar-refractivity contribution < 1.29 is 28.2 Å². The van der Waals surface area contributed by atoms with Crippen LogP contribution in [0, 0.1) is 0 Å². The summed E-state index contributed by atoms with van der Waals surface area (Å²) in [7, 11) is -3.43. The Hall–Kier alpha value is -1.39. The van der Waals surface area contributed by atoms with Gasteiger partial charge >= 0.3 is 12.0 Å². The van der Waals surface area contributed by atoms with E-state index in [1.165, 1.54) is 0 Å². The molecular weight excluding hydrogens is 278 g/mol. The van der Waals surface area contributed by atoms with Crippen LogP contribution in [0.4, 0.5) is 4.79 Å². The number of urea groups is 1. The standard InChI is InChI=1S/C9H19N3O6S/c1-2-11-19(17,18)6-4-10-9(16)12-7(3-5-13)8(14)15/h7,11,13H,2-6H2,1H3,(H,14,15)(H2,10,12,16). The molecule has 0 aliphatic heterocycles. The van der Waals surface area contributed by atoms with Crippen molar-refractivity contribution in [1.82, 2.24) is 15.4 Å². The summed E-state index contributed by atoms with van der Waals surface area (Å²) < 4.78 is 24.7. The number of carbonyl (C=O) groups is 2. The van der Waals surface area contributed by atoms with Gasteiger partial charge in [-0.05, 0) is 0 Å². The average molecular weight is 297 g/mol. The van der Waals surface area contributed by atoms with Crippen molar-refractivity contribution >= 4 is 22.0 Å². The van der Waals surface area contributed by atoms with Gasteiger partial charge in [-0.2, -0.15) is 0 Å². The van der Waals surface area contributed by atoms with Gasteiger partial charge < -0.3 is 20.8 Å². The first-order valence-corrected chi connectivity index (χ1v) is 7.33. The van der Waals surface area contributed by atoms with Gasteiger partial charge in [0.05, 0.1) is 5.75 Å². The van der Waals surface area contributed by atoms with Crippen LogP contribution >= 0.6 is 0 Å². The summed E-state index contributed by atoms with van der Waals surface area (Å²) in [5.41, 5.74) is 0. The third-order valence-corrected chi connectivity index (χ3v) is 3.51. The molecule has 0 fully saturated rings. The van der Waals surface area contributed by atoms with Crippen molar-refractivity contribution in [1.29, 1.82) is 0 Å². The van der Waals surface area contributed by atoms with Crippen LogP contribution in [0.1, 0.15) is 13.3 Å². The molecule has 0 heterocycles. The molecule has 112 valence electrons. The molecule has 0 saturated carbocycles. The van der Waals surface area contributed by atoms with Crippen molar-refractivity contribution in [3.8, 4) is 0 Å². The fraction of sp³-hybridized carbons (Fsp3) is 0.778. The van der Waals surface area contributed by atoms with E-state index >= 15 is 0 Å². The minimum Gasteiger partial charge on any atom is -0.480 e. The first-order valence-electron chi connectivity index (χ1n) is 5.67. The summed E-state index contributed by atoms with van der Waals surface area (Å²) in [6, 6.07) is -2.01. The number of amides is 2. The first kappa shape index (κ1) is 17.6. The lowest BCUT2D eigenvalue weighted by atomic mass is 10.2. The molecule has 0 radical (unpaired) electrons. The minimum atomic E-state index is -3.43.